The summed E-state index contributed by atoms with van der Waals surface area (Å²) in [6.45, 7) is 10.4. The topological polar surface area (TPSA) is 29.5 Å². The van der Waals surface area contributed by atoms with Gasteiger partial charge in [-0.2, -0.15) is 0 Å². The summed E-state index contributed by atoms with van der Waals surface area (Å²) in [7, 11) is 1.72. The molecule has 0 radical (unpaired) electrons. The van der Waals surface area contributed by atoms with E-state index in [2.05, 4.69) is 32.6 Å². The van der Waals surface area contributed by atoms with E-state index in [-0.39, 0.29) is 0 Å². The maximum absolute atomic E-state index is 9.77. The zero-order valence-electron chi connectivity index (χ0n) is 12.3. The molecule has 0 saturated heterocycles. The van der Waals surface area contributed by atoms with Crippen LogP contribution in [0.3, 0.4) is 0 Å². The number of aliphatic hydroxyl groups is 1. The number of ether oxygens (including phenoxy) is 1. The van der Waals surface area contributed by atoms with Gasteiger partial charge in [0.25, 0.3) is 0 Å². The SMILES string of the molecule is C=CC(C)(O)CCC=C(C)CCC=C(C)COC. The van der Waals surface area contributed by atoms with Gasteiger partial charge >= 0.3 is 0 Å². The van der Waals surface area contributed by atoms with Gasteiger partial charge < -0.3 is 9.84 Å². The minimum atomic E-state index is -0.744. The third-order valence-corrected chi connectivity index (χ3v) is 2.99. The highest BCUT2D eigenvalue weighted by molar-refractivity contribution is 5.04. The molecule has 1 atom stereocenters. The number of allylic oxidation sites excluding steroid dienone is 3. The monoisotopic (exact) mass is 252 g/mol. The van der Waals surface area contributed by atoms with E-state index in [9.17, 15) is 5.11 Å². The Kier molecular flexibility index (Phi) is 8.69. The predicted molar refractivity (Wildman–Crippen MR) is 78.7 cm³/mol. The summed E-state index contributed by atoms with van der Waals surface area (Å²) in [5.74, 6) is 0. The molecular weight excluding hydrogens is 224 g/mol. The second kappa shape index (κ2) is 9.12. The number of methoxy groups -OCH3 is 1. The van der Waals surface area contributed by atoms with Crippen LogP contribution in [-0.2, 0) is 4.74 Å². The Labute approximate surface area is 112 Å². The molecule has 0 spiro atoms. The maximum atomic E-state index is 9.77. The summed E-state index contributed by atoms with van der Waals surface area (Å²) in [4.78, 5) is 0. The fourth-order valence-corrected chi connectivity index (χ4v) is 1.65. The Bertz CT molecular complexity index is 298. The first-order chi connectivity index (χ1) is 8.41. The Morgan fingerprint density at radius 2 is 1.83 bits per heavy atom. The van der Waals surface area contributed by atoms with Crippen molar-refractivity contribution in [3.63, 3.8) is 0 Å². The zero-order chi connectivity index (χ0) is 14.0. The molecule has 2 heteroatoms. The van der Waals surface area contributed by atoms with E-state index in [1.165, 1.54) is 11.1 Å². The van der Waals surface area contributed by atoms with Crippen LogP contribution < -0.4 is 0 Å². The van der Waals surface area contributed by atoms with Crippen molar-refractivity contribution >= 4 is 0 Å². The van der Waals surface area contributed by atoms with E-state index in [4.69, 9.17) is 4.74 Å². The molecule has 1 N–H and O–H groups in total. The maximum Gasteiger partial charge on any atom is 0.0800 e. The molecule has 0 aliphatic heterocycles. The molecule has 0 fully saturated rings. The van der Waals surface area contributed by atoms with Crippen LogP contribution in [0.25, 0.3) is 0 Å². The second-order valence-electron chi connectivity index (χ2n) is 5.17. The molecule has 0 aliphatic carbocycles. The Morgan fingerprint density at radius 3 is 2.39 bits per heavy atom. The standard InChI is InChI=1S/C16H28O2/c1-6-16(4,17)12-8-11-14(2)9-7-10-15(3)13-18-5/h6,10-11,17H,1,7-9,12-13H2,2-5H3. The average molecular weight is 252 g/mol. The lowest BCUT2D eigenvalue weighted by Crippen LogP contribution is -2.19. The summed E-state index contributed by atoms with van der Waals surface area (Å²) in [5, 5.41) is 9.77. The molecular formula is C16H28O2. The van der Waals surface area contributed by atoms with Crippen LogP contribution in [0, 0.1) is 0 Å². The van der Waals surface area contributed by atoms with Gasteiger partial charge in [-0.3, -0.25) is 0 Å². The van der Waals surface area contributed by atoms with Gasteiger partial charge in [-0.05, 0) is 46.5 Å². The van der Waals surface area contributed by atoms with Gasteiger partial charge in [0, 0.05) is 7.11 Å². The minimum absolute atomic E-state index is 0.713. The highest BCUT2D eigenvalue weighted by atomic mass is 16.5. The Hall–Kier alpha value is -0.860. The van der Waals surface area contributed by atoms with Crippen LogP contribution in [0.15, 0.2) is 36.0 Å². The summed E-state index contributed by atoms with van der Waals surface area (Å²) in [5.41, 5.74) is 1.90. The molecule has 104 valence electrons. The first-order valence-electron chi connectivity index (χ1n) is 6.57. The Balaban J connectivity index is 3.92. The molecule has 2 nitrogen and oxygen atoms in total. The summed E-state index contributed by atoms with van der Waals surface area (Å²) in [6.07, 6.45) is 9.77. The van der Waals surface area contributed by atoms with Crippen LogP contribution in [0.4, 0.5) is 0 Å². The number of hydrogen-bond acceptors (Lipinski definition) is 2. The van der Waals surface area contributed by atoms with Crippen molar-refractivity contribution in [2.24, 2.45) is 0 Å². The third kappa shape index (κ3) is 9.20. The van der Waals surface area contributed by atoms with Gasteiger partial charge in [0.05, 0.1) is 12.2 Å². The quantitative estimate of drug-likeness (QED) is 0.628. The van der Waals surface area contributed by atoms with Gasteiger partial charge in [-0.1, -0.05) is 29.4 Å². The fourth-order valence-electron chi connectivity index (χ4n) is 1.65. The lowest BCUT2D eigenvalue weighted by atomic mass is 9.99. The smallest absolute Gasteiger partial charge is 0.0800 e. The highest BCUT2D eigenvalue weighted by Gasteiger charge is 2.13. The van der Waals surface area contributed by atoms with Crippen molar-refractivity contribution in [2.75, 3.05) is 13.7 Å². The molecule has 0 aliphatic rings. The van der Waals surface area contributed by atoms with Crippen molar-refractivity contribution in [1.29, 1.82) is 0 Å². The third-order valence-electron chi connectivity index (χ3n) is 2.99. The average Bonchev–Trinajstić information content (AvgIpc) is 2.29. The molecule has 0 heterocycles. The minimum Gasteiger partial charge on any atom is -0.386 e. The van der Waals surface area contributed by atoms with Crippen LogP contribution in [0.1, 0.15) is 46.5 Å². The lowest BCUT2D eigenvalue weighted by molar-refractivity contribution is 0.103. The van der Waals surface area contributed by atoms with Crippen LogP contribution in [-0.4, -0.2) is 24.4 Å². The van der Waals surface area contributed by atoms with Gasteiger partial charge in [0.1, 0.15) is 0 Å². The molecule has 1 unspecified atom stereocenters. The van der Waals surface area contributed by atoms with E-state index in [0.29, 0.717) is 6.61 Å². The highest BCUT2D eigenvalue weighted by Crippen LogP contribution is 2.15. The largest absolute Gasteiger partial charge is 0.386 e. The first-order valence-corrected chi connectivity index (χ1v) is 6.57. The van der Waals surface area contributed by atoms with E-state index < -0.39 is 5.60 Å². The summed E-state index contributed by atoms with van der Waals surface area (Å²) in [6, 6.07) is 0. The van der Waals surface area contributed by atoms with E-state index in [1.807, 2.05) is 0 Å². The molecule has 0 aromatic carbocycles. The van der Waals surface area contributed by atoms with Crippen molar-refractivity contribution in [2.45, 2.75) is 52.1 Å². The van der Waals surface area contributed by atoms with Gasteiger partial charge in [0.2, 0.25) is 0 Å². The lowest BCUT2D eigenvalue weighted by Gasteiger charge is -2.16. The van der Waals surface area contributed by atoms with Crippen LogP contribution >= 0.6 is 0 Å². The zero-order valence-corrected chi connectivity index (χ0v) is 12.3. The van der Waals surface area contributed by atoms with E-state index >= 15 is 0 Å². The van der Waals surface area contributed by atoms with E-state index in [1.54, 1.807) is 20.1 Å². The number of rotatable bonds is 9. The molecule has 0 aromatic rings. The van der Waals surface area contributed by atoms with Crippen LogP contribution in [0.2, 0.25) is 0 Å². The van der Waals surface area contributed by atoms with Crippen molar-refractivity contribution < 1.29 is 9.84 Å². The fraction of sp³-hybridized carbons (Fsp3) is 0.625. The molecule has 0 saturated carbocycles. The van der Waals surface area contributed by atoms with Gasteiger partial charge in [-0.25, -0.2) is 0 Å². The number of hydrogen-bond donors (Lipinski definition) is 1. The predicted octanol–water partition coefficient (Wildman–Crippen LogP) is 4.02. The van der Waals surface area contributed by atoms with Gasteiger partial charge in [-0.15, -0.1) is 6.58 Å². The van der Waals surface area contributed by atoms with Crippen LogP contribution in [0.5, 0.6) is 0 Å². The molecule has 18 heavy (non-hydrogen) atoms. The van der Waals surface area contributed by atoms with Crippen molar-refractivity contribution in [3.05, 3.63) is 36.0 Å². The first kappa shape index (κ1) is 17.1. The van der Waals surface area contributed by atoms with Crippen molar-refractivity contribution in [3.8, 4) is 0 Å². The molecule has 0 bridgehead atoms. The molecule has 0 amide bonds. The second-order valence-corrected chi connectivity index (χ2v) is 5.17. The summed E-state index contributed by atoms with van der Waals surface area (Å²) >= 11 is 0. The van der Waals surface area contributed by atoms with Crippen molar-refractivity contribution in [1.82, 2.24) is 0 Å². The molecule has 0 rings (SSSR count). The summed E-state index contributed by atoms with van der Waals surface area (Å²) < 4.78 is 5.06. The Morgan fingerprint density at radius 1 is 1.22 bits per heavy atom. The van der Waals surface area contributed by atoms with E-state index in [0.717, 1.165) is 25.7 Å². The normalized spacial score (nSPS) is 16.5. The molecule has 0 aromatic heterocycles. The van der Waals surface area contributed by atoms with Gasteiger partial charge in [0.15, 0.2) is 0 Å².